The van der Waals surface area contributed by atoms with Crippen molar-refractivity contribution in [2.24, 2.45) is 0 Å². The summed E-state index contributed by atoms with van der Waals surface area (Å²) in [7, 11) is 0. The van der Waals surface area contributed by atoms with Gasteiger partial charge in [-0.05, 0) is 37.1 Å². The van der Waals surface area contributed by atoms with Gasteiger partial charge in [0.25, 0.3) is 0 Å². The number of ether oxygens (including phenoxy) is 2. The van der Waals surface area contributed by atoms with Crippen LogP contribution in [0.3, 0.4) is 0 Å². The van der Waals surface area contributed by atoms with Crippen molar-refractivity contribution in [2.75, 3.05) is 6.61 Å². The molecular formula is C19H24O4. The second kappa shape index (κ2) is 7.95. The van der Waals surface area contributed by atoms with E-state index in [1.165, 1.54) is 0 Å². The third-order valence-corrected chi connectivity index (χ3v) is 4.00. The van der Waals surface area contributed by atoms with Gasteiger partial charge in [-0.15, -0.1) is 0 Å². The Morgan fingerprint density at radius 3 is 2.83 bits per heavy atom. The lowest BCUT2D eigenvalue weighted by atomic mass is 10.0. The molecule has 1 heterocycles. The zero-order valence-electron chi connectivity index (χ0n) is 13.9. The van der Waals surface area contributed by atoms with Gasteiger partial charge < -0.3 is 9.47 Å². The minimum absolute atomic E-state index is 0.0380. The molecule has 0 radical (unpaired) electrons. The fourth-order valence-corrected chi connectivity index (χ4v) is 2.55. The molecule has 0 aliphatic carbocycles. The molecule has 23 heavy (non-hydrogen) atoms. The highest BCUT2D eigenvalue weighted by atomic mass is 16.5. The Balaban J connectivity index is 1.83. The first-order valence-corrected chi connectivity index (χ1v) is 8.15. The summed E-state index contributed by atoms with van der Waals surface area (Å²) >= 11 is 0. The summed E-state index contributed by atoms with van der Waals surface area (Å²) in [5, 5.41) is 0. The highest BCUT2D eigenvalue weighted by Crippen LogP contribution is 2.32. The lowest BCUT2D eigenvalue weighted by Gasteiger charge is -2.14. The van der Waals surface area contributed by atoms with Crippen LogP contribution in [0, 0.1) is 0 Å². The van der Waals surface area contributed by atoms with Crippen LogP contribution in [0.1, 0.15) is 55.5 Å². The molecule has 0 N–H and O–H groups in total. The van der Waals surface area contributed by atoms with E-state index in [4.69, 9.17) is 9.47 Å². The average Bonchev–Trinajstić information content (AvgIpc) is 2.95. The van der Waals surface area contributed by atoms with Crippen molar-refractivity contribution in [3.05, 3.63) is 41.5 Å². The Morgan fingerprint density at radius 1 is 1.35 bits per heavy atom. The first kappa shape index (κ1) is 17.3. The summed E-state index contributed by atoms with van der Waals surface area (Å²) in [5.41, 5.74) is 2.42. The molecule has 1 aromatic rings. The minimum atomic E-state index is -0.198. The molecule has 2 rings (SSSR count). The van der Waals surface area contributed by atoms with E-state index in [0.29, 0.717) is 18.4 Å². The van der Waals surface area contributed by atoms with Crippen LogP contribution >= 0.6 is 0 Å². The van der Waals surface area contributed by atoms with Crippen molar-refractivity contribution < 1.29 is 19.1 Å². The molecule has 4 heteroatoms. The van der Waals surface area contributed by atoms with Gasteiger partial charge in [0.2, 0.25) is 0 Å². The molecule has 1 aromatic carbocycles. The van der Waals surface area contributed by atoms with E-state index in [1.807, 2.05) is 12.1 Å². The number of carbonyl (C=O) groups is 2. The monoisotopic (exact) mass is 316 g/mol. The van der Waals surface area contributed by atoms with Gasteiger partial charge in [0, 0.05) is 24.0 Å². The maximum atomic E-state index is 11.6. The van der Waals surface area contributed by atoms with Gasteiger partial charge >= 0.3 is 5.97 Å². The van der Waals surface area contributed by atoms with Crippen LogP contribution in [0.2, 0.25) is 0 Å². The molecule has 0 saturated heterocycles. The Kier molecular flexibility index (Phi) is 5.97. The number of esters is 1. The molecule has 1 aliphatic heterocycles. The highest BCUT2D eigenvalue weighted by Gasteiger charge is 2.26. The number of rotatable bonds is 8. The van der Waals surface area contributed by atoms with E-state index >= 15 is 0 Å². The Morgan fingerprint density at radius 2 is 2.13 bits per heavy atom. The van der Waals surface area contributed by atoms with Crippen LogP contribution in [0.15, 0.2) is 30.4 Å². The van der Waals surface area contributed by atoms with E-state index in [2.05, 4.69) is 13.5 Å². The summed E-state index contributed by atoms with van der Waals surface area (Å²) in [4.78, 5) is 23.1. The average molecular weight is 316 g/mol. The predicted molar refractivity (Wildman–Crippen MR) is 88.8 cm³/mol. The first-order chi connectivity index (χ1) is 11.0. The smallest absolute Gasteiger partial charge is 0.306 e. The van der Waals surface area contributed by atoms with Gasteiger partial charge in [-0.1, -0.05) is 26.3 Å². The van der Waals surface area contributed by atoms with Gasteiger partial charge in [0.15, 0.2) is 5.78 Å². The molecule has 0 aromatic heterocycles. The molecule has 0 fully saturated rings. The van der Waals surface area contributed by atoms with Gasteiger partial charge in [-0.2, -0.15) is 0 Å². The molecule has 1 atom stereocenters. The quantitative estimate of drug-likeness (QED) is 0.316. The Hall–Kier alpha value is -2.10. The highest BCUT2D eigenvalue weighted by molar-refractivity contribution is 5.94. The number of ketones is 1. The molecular weight excluding hydrogens is 292 g/mol. The molecule has 1 unspecified atom stereocenters. The van der Waals surface area contributed by atoms with Crippen molar-refractivity contribution in [1.82, 2.24) is 0 Å². The Bertz CT molecular complexity index is 603. The van der Waals surface area contributed by atoms with Gasteiger partial charge in [0.05, 0.1) is 0 Å². The molecule has 0 amide bonds. The van der Waals surface area contributed by atoms with Crippen molar-refractivity contribution in [3.8, 4) is 5.75 Å². The number of Topliss-reactive ketones (excluding diaryl/α,β-unsaturated/α-hetero) is 1. The number of benzene rings is 1. The van der Waals surface area contributed by atoms with E-state index in [9.17, 15) is 9.59 Å². The standard InChI is InChI=1S/C19H24O4/c1-4-5-6-7-19(21)22-12-13(2)18-11-16-10-15(14(3)20)8-9-17(16)23-18/h8-10,18H,2,4-7,11-12H2,1,3H3. The second-order valence-electron chi connectivity index (χ2n) is 5.97. The SMILES string of the molecule is C=C(COC(=O)CCCCC)C1Cc2cc(C(C)=O)ccc2O1. The number of unbranched alkanes of at least 4 members (excludes halogenated alkanes) is 2. The van der Waals surface area contributed by atoms with E-state index in [0.717, 1.165) is 36.1 Å². The zero-order valence-corrected chi connectivity index (χ0v) is 13.9. The van der Waals surface area contributed by atoms with Crippen LogP contribution < -0.4 is 4.74 Å². The van der Waals surface area contributed by atoms with Gasteiger partial charge in [-0.3, -0.25) is 9.59 Å². The zero-order chi connectivity index (χ0) is 16.8. The number of hydrogen-bond acceptors (Lipinski definition) is 4. The van der Waals surface area contributed by atoms with Crippen LogP contribution in [-0.2, 0) is 16.0 Å². The fraction of sp³-hybridized carbons (Fsp3) is 0.474. The van der Waals surface area contributed by atoms with Crippen LogP contribution in [0.25, 0.3) is 0 Å². The second-order valence-corrected chi connectivity index (χ2v) is 5.97. The number of fused-ring (bicyclic) bond motifs is 1. The molecule has 4 nitrogen and oxygen atoms in total. The summed E-state index contributed by atoms with van der Waals surface area (Å²) in [5.74, 6) is 0.625. The molecule has 0 saturated carbocycles. The fourth-order valence-electron chi connectivity index (χ4n) is 2.55. The topological polar surface area (TPSA) is 52.6 Å². The summed E-state index contributed by atoms with van der Waals surface area (Å²) < 4.78 is 11.1. The maximum Gasteiger partial charge on any atom is 0.306 e. The lowest BCUT2D eigenvalue weighted by Crippen LogP contribution is -2.20. The molecule has 0 spiro atoms. The number of carbonyl (C=O) groups excluding carboxylic acids is 2. The van der Waals surface area contributed by atoms with Crippen LogP contribution in [-0.4, -0.2) is 24.5 Å². The molecule has 124 valence electrons. The minimum Gasteiger partial charge on any atom is -0.485 e. The van der Waals surface area contributed by atoms with E-state index in [-0.39, 0.29) is 24.5 Å². The lowest BCUT2D eigenvalue weighted by molar-refractivity contribution is -0.143. The van der Waals surface area contributed by atoms with Crippen molar-refractivity contribution in [3.63, 3.8) is 0 Å². The van der Waals surface area contributed by atoms with Crippen molar-refractivity contribution in [2.45, 2.75) is 52.1 Å². The molecule has 1 aliphatic rings. The normalized spacial score (nSPS) is 15.7. The molecule has 0 bridgehead atoms. The van der Waals surface area contributed by atoms with Gasteiger partial charge in [0.1, 0.15) is 18.5 Å². The summed E-state index contributed by atoms with van der Waals surface area (Å²) in [6.45, 7) is 7.80. The number of hydrogen-bond donors (Lipinski definition) is 0. The predicted octanol–water partition coefficient (Wildman–Crippen LogP) is 3.87. The third-order valence-electron chi connectivity index (χ3n) is 4.00. The first-order valence-electron chi connectivity index (χ1n) is 8.15. The largest absolute Gasteiger partial charge is 0.485 e. The van der Waals surface area contributed by atoms with Crippen LogP contribution in [0.5, 0.6) is 5.75 Å². The van der Waals surface area contributed by atoms with E-state index < -0.39 is 0 Å². The van der Waals surface area contributed by atoms with E-state index in [1.54, 1.807) is 13.0 Å². The third kappa shape index (κ3) is 4.68. The van der Waals surface area contributed by atoms with Gasteiger partial charge in [-0.25, -0.2) is 0 Å². The summed E-state index contributed by atoms with van der Waals surface area (Å²) in [6.07, 6.45) is 3.89. The summed E-state index contributed by atoms with van der Waals surface area (Å²) in [6, 6.07) is 5.44. The van der Waals surface area contributed by atoms with Crippen molar-refractivity contribution >= 4 is 11.8 Å². The van der Waals surface area contributed by atoms with Crippen molar-refractivity contribution in [1.29, 1.82) is 0 Å². The van der Waals surface area contributed by atoms with Crippen LogP contribution in [0.4, 0.5) is 0 Å². The Labute approximate surface area is 137 Å². The maximum absolute atomic E-state index is 11.6.